The van der Waals surface area contributed by atoms with Crippen LogP contribution in [0.3, 0.4) is 0 Å². The van der Waals surface area contributed by atoms with Crippen LogP contribution >= 0.6 is 0 Å². The molecule has 1 aliphatic carbocycles. The number of furan rings is 1. The lowest BCUT2D eigenvalue weighted by atomic mass is 9.71. The second-order valence-electron chi connectivity index (χ2n) is 5.98. The minimum Gasteiger partial charge on any atom is -0.469 e. The molecule has 0 aliphatic heterocycles. The van der Waals surface area contributed by atoms with Crippen molar-refractivity contribution >= 4 is 0 Å². The molecule has 2 heterocycles. The molecule has 1 saturated carbocycles. The molecule has 5 heteroatoms. The van der Waals surface area contributed by atoms with Gasteiger partial charge in [-0.05, 0) is 44.6 Å². The summed E-state index contributed by atoms with van der Waals surface area (Å²) in [5, 5.41) is 4.11. The zero-order valence-corrected chi connectivity index (χ0v) is 12.1. The van der Waals surface area contributed by atoms with Crippen LogP contribution in [0.4, 0.5) is 0 Å². The lowest BCUT2D eigenvalue weighted by Crippen LogP contribution is -2.39. The van der Waals surface area contributed by atoms with Crippen LogP contribution in [0.2, 0.25) is 0 Å². The van der Waals surface area contributed by atoms with Crippen LogP contribution in [0, 0.1) is 12.8 Å². The van der Waals surface area contributed by atoms with E-state index in [1.54, 1.807) is 6.26 Å². The van der Waals surface area contributed by atoms with E-state index in [0.717, 1.165) is 30.1 Å². The van der Waals surface area contributed by atoms with Crippen molar-refractivity contribution < 1.29 is 8.94 Å². The summed E-state index contributed by atoms with van der Waals surface area (Å²) in [7, 11) is 0. The smallest absolute Gasteiger partial charge is 0.234 e. The maximum Gasteiger partial charge on any atom is 0.234 e. The molecule has 0 aromatic carbocycles. The van der Waals surface area contributed by atoms with Gasteiger partial charge in [0.25, 0.3) is 0 Å². The molecule has 0 unspecified atom stereocenters. The van der Waals surface area contributed by atoms with Crippen molar-refractivity contribution in [3.05, 3.63) is 24.0 Å². The van der Waals surface area contributed by atoms with Crippen LogP contribution in [0.15, 0.2) is 21.3 Å². The largest absolute Gasteiger partial charge is 0.469 e. The highest BCUT2D eigenvalue weighted by Gasteiger charge is 2.39. The monoisotopic (exact) mass is 275 g/mol. The summed E-state index contributed by atoms with van der Waals surface area (Å²) >= 11 is 0. The summed E-state index contributed by atoms with van der Waals surface area (Å²) in [6.07, 6.45) is 6.02. The van der Waals surface area contributed by atoms with E-state index in [0.29, 0.717) is 18.3 Å². The van der Waals surface area contributed by atoms with Crippen LogP contribution in [0.1, 0.15) is 44.3 Å². The summed E-state index contributed by atoms with van der Waals surface area (Å²) in [4.78, 5) is 4.59. The standard InChI is InChI=1S/C15H21N3O2/c1-10-3-6-15(9-16,7-4-10)14-17-13(18-20-14)12-5-8-19-11(12)2/h5,8,10H,3-4,6-7,9,16H2,1-2H3. The Hall–Kier alpha value is -1.62. The Morgan fingerprint density at radius 2 is 2.15 bits per heavy atom. The summed E-state index contributed by atoms with van der Waals surface area (Å²) in [6, 6.07) is 1.86. The van der Waals surface area contributed by atoms with Gasteiger partial charge in [0, 0.05) is 6.54 Å². The van der Waals surface area contributed by atoms with Crippen molar-refractivity contribution in [2.24, 2.45) is 11.7 Å². The minimum absolute atomic E-state index is 0.143. The fourth-order valence-corrected chi connectivity index (χ4v) is 2.99. The highest BCUT2D eigenvalue weighted by Crippen LogP contribution is 2.40. The van der Waals surface area contributed by atoms with Gasteiger partial charge in [-0.2, -0.15) is 4.98 Å². The third-order valence-corrected chi connectivity index (χ3v) is 4.60. The molecule has 2 aromatic rings. The van der Waals surface area contributed by atoms with Gasteiger partial charge in [-0.15, -0.1) is 0 Å². The van der Waals surface area contributed by atoms with Gasteiger partial charge < -0.3 is 14.7 Å². The van der Waals surface area contributed by atoms with Crippen LogP contribution in [0.5, 0.6) is 0 Å². The van der Waals surface area contributed by atoms with Crippen molar-refractivity contribution in [3.63, 3.8) is 0 Å². The molecular formula is C15H21N3O2. The molecule has 1 fully saturated rings. The Labute approximate surface area is 118 Å². The Morgan fingerprint density at radius 3 is 2.75 bits per heavy atom. The number of nitrogens with zero attached hydrogens (tertiary/aromatic N) is 2. The number of aromatic nitrogens is 2. The van der Waals surface area contributed by atoms with Gasteiger partial charge in [0.05, 0.1) is 17.2 Å². The van der Waals surface area contributed by atoms with Crippen molar-refractivity contribution in [1.29, 1.82) is 0 Å². The maximum absolute atomic E-state index is 6.03. The van der Waals surface area contributed by atoms with Crippen molar-refractivity contribution in [2.75, 3.05) is 6.54 Å². The Bertz CT molecular complexity index is 579. The summed E-state index contributed by atoms with van der Waals surface area (Å²) in [6.45, 7) is 4.74. The van der Waals surface area contributed by atoms with E-state index in [2.05, 4.69) is 17.1 Å². The fourth-order valence-electron chi connectivity index (χ4n) is 2.99. The molecule has 0 bridgehead atoms. The molecular weight excluding hydrogens is 254 g/mol. The van der Waals surface area contributed by atoms with Gasteiger partial charge in [0.1, 0.15) is 5.76 Å². The van der Waals surface area contributed by atoms with Gasteiger partial charge in [0.15, 0.2) is 0 Å². The molecule has 0 amide bonds. The molecule has 0 radical (unpaired) electrons. The predicted octanol–water partition coefficient (Wildman–Crippen LogP) is 3.04. The van der Waals surface area contributed by atoms with Crippen LogP contribution in [-0.4, -0.2) is 16.7 Å². The fraction of sp³-hybridized carbons (Fsp3) is 0.600. The normalized spacial score (nSPS) is 26.9. The molecule has 2 N–H and O–H groups in total. The molecule has 108 valence electrons. The van der Waals surface area contributed by atoms with Crippen molar-refractivity contribution in [1.82, 2.24) is 10.1 Å². The quantitative estimate of drug-likeness (QED) is 0.931. The third kappa shape index (κ3) is 2.16. The van der Waals surface area contributed by atoms with Gasteiger partial charge in [0.2, 0.25) is 11.7 Å². The number of hydrogen-bond acceptors (Lipinski definition) is 5. The van der Waals surface area contributed by atoms with Gasteiger partial charge in [-0.1, -0.05) is 12.1 Å². The van der Waals surface area contributed by atoms with E-state index in [-0.39, 0.29) is 5.41 Å². The van der Waals surface area contributed by atoms with Crippen LogP contribution in [-0.2, 0) is 5.41 Å². The van der Waals surface area contributed by atoms with Crippen LogP contribution in [0.25, 0.3) is 11.4 Å². The highest BCUT2D eigenvalue weighted by atomic mass is 16.5. The van der Waals surface area contributed by atoms with Crippen molar-refractivity contribution in [2.45, 2.75) is 44.9 Å². The first kappa shape index (κ1) is 13.4. The number of rotatable bonds is 3. The minimum atomic E-state index is -0.143. The summed E-state index contributed by atoms with van der Waals surface area (Å²) < 4.78 is 10.8. The van der Waals surface area contributed by atoms with E-state index in [1.807, 2.05) is 13.0 Å². The number of nitrogens with two attached hydrogens (primary N) is 1. The zero-order chi connectivity index (χ0) is 14.2. The van der Waals surface area contributed by atoms with E-state index in [4.69, 9.17) is 14.7 Å². The Morgan fingerprint density at radius 1 is 1.40 bits per heavy atom. The molecule has 0 spiro atoms. The lowest BCUT2D eigenvalue weighted by Gasteiger charge is -2.35. The highest BCUT2D eigenvalue weighted by molar-refractivity contribution is 5.56. The SMILES string of the molecule is Cc1occc1-c1noc(C2(CN)CCC(C)CC2)n1. The molecule has 0 saturated heterocycles. The molecule has 1 aliphatic rings. The van der Waals surface area contributed by atoms with E-state index in [9.17, 15) is 0 Å². The maximum atomic E-state index is 6.03. The third-order valence-electron chi connectivity index (χ3n) is 4.60. The molecule has 20 heavy (non-hydrogen) atoms. The van der Waals surface area contributed by atoms with Crippen LogP contribution < -0.4 is 5.73 Å². The first-order valence-electron chi connectivity index (χ1n) is 7.23. The van der Waals surface area contributed by atoms with E-state index >= 15 is 0 Å². The van der Waals surface area contributed by atoms with Gasteiger partial charge in [-0.25, -0.2) is 0 Å². The second kappa shape index (κ2) is 5.05. The van der Waals surface area contributed by atoms with Gasteiger partial charge >= 0.3 is 0 Å². The Balaban J connectivity index is 1.91. The molecule has 5 nitrogen and oxygen atoms in total. The first-order valence-corrected chi connectivity index (χ1v) is 7.23. The number of hydrogen-bond donors (Lipinski definition) is 1. The zero-order valence-electron chi connectivity index (χ0n) is 12.1. The molecule has 2 aromatic heterocycles. The van der Waals surface area contributed by atoms with Gasteiger partial charge in [-0.3, -0.25) is 0 Å². The Kier molecular flexibility index (Phi) is 3.38. The van der Waals surface area contributed by atoms with Crippen molar-refractivity contribution in [3.8, 4) is 11.4 Å². The average Bonchev–Trinajstić information content (AvgIpc) is 3.09. The lowest BCUT2D eigenvalue weighted by molar-refractivity contribution is 0.191. The number of aryl methyl sites for hydroxylation is 1. The topological polar surface area (TPSA) is 78.1 Å². The average molecular weight is 275 g/mol. The summed E-state index contributed by atoms with van der Waals surface area (Å²) in [5.41, 5.74) is 6.77. The predicted molar refractivity (Wildman–Crippen MR) is 75.1 cm³/mol. The molecule has 0 atom stereocenters. The second-order valence-corrected chi connectivity index (χ2v) is 5.98. The van der Waals surface area contributed by atoms with E-state index < -0.39 is 0 Å². The van der Waals surface area contributed by atoms with E-state index in [1.165, 1.54) is 12.8 Å². The summed E-state index contributed by atoms with van der Waals surface area (Å²) in [5.74, 6) is 2.84. The first-order chi connectivity index (χ1) is 9.64. The molecule has 3 rings (SSSR count).